The Bertz CT molecular complexity index is 2320. The van der Waals surface area contributed by atoms with Gasteiger partial charge in [0, 0.05) is 31.8 Å². The number of carbonyl (C=O) groups is 7. The molecule has 0 bridgehead atoms. The van der Waals surface area contributed by atoms with Crippen molar-refractivity contribution in [1.29, 1.82) is 0 Å². The lowest BCUT2D eigenvalue weighted by Gasteiger charge is -2.36. The molecule has 1 amide bonds. The minimum atomic E-state index is -6.13. The summed E-state index contributed by atoms with van der Waals surface area (Å²) in [6.45, 7) is -1.77. The smallest absolute Gasteiger partial charge is 0.445 e. The van der Waals surface area contributed by atoms with E-state index in [1.165, 1.54) is 18.5 Å². The normalized spacial score (nSPS) is 28.3. The summed E-state index contributed by atoms with van der Waals surface area (Å²) in [4.78, 5) is 127. The van der Waals surface area contributed by atoms with Gasteiger partial charge in [-0.05, 0) is 6.42 Å². The number of aliphatic hydroxyl groups is 4. The number of aromatic nitrogens is 4. The number of nitrogen functional groups attached to an aromatic ring is 1. The number of imidazole rings is 1. The van der Waals surface area contributed by atoms with E-state index in [1.807, 2.05) is 0 Å². The number of nitrogens with two attached hydrogens (primary N) is 2. The lowest BCUT2D eigenvalue weighted by molar-refractivity contribution is -0.257. The van der Waals surface area contributed by atoms with Gasteiger partial charge < -0.3 is 60.8 Å². The summed E-state index contributed by atoms with van der Waals surface area (Å²) >= 11 is 0. The van der Waals surface area contributed by atoms with E-state index in [4.69, 9.17) is 30.2 Å². The molecule has 2 aromatic heterocycles. The van der Waals surface area contributed by atoms with E-state index >= 15 is 0 Å². The summed E-state index contributed by atoms with van der Waals surface area (Å²) in [6, 6.07) is 0. The number of nitrogens with zero attached hydrogens (tertiary/aromatic N) is 5. The highest BCUT2D eigenvalue weighted by Gasteiger charge is 2.65. The second-order valence-corrected chi connectivity index (χ2v) is 16.2. The first-order chi connectivity index (χ1) is 28.9. The summed E-state index contributed by atoms with van der Waals surface area (Å²) in [7, 11) is -12.0. The SMILES string of the molecule is CC(=O)C(=O)OOC(=O)C(=O)C(OC(=O)C(C)=O)[C@]1(COP(=O)(O)OP(=O)(O)OC[C@H]2O[C@@H](N3C=CCC(C(N)=O)=C3)[C@H](O)[C@@H]2O)O[C@@H](n2cnc3c(N)ncnc32)[C@H](O)[C@@H]1O. The van der Waals surface area contributed by atoms with Crippen molar-refractivity contribution in [2.75, 3.05) is 18.9 Å². The fourth-order valence-corrected chi connectivity index (χ4v) is 8.01. The van der Waals surface area contributed by atoms with Crippen LogP contribution in [-0.4, -0.2) is 157 Å². The molecule has 5 rings (SSSR count). The molecule has 0 radical (unpaired) electrons. The molecule has 2 aromatic rings. The van der Waals surface area contributed by atoms with Crippen LogP contribution in [0.25, 0.3) is 11.2 Å². The Hall–Kier alpha value is -5.46. The van der Waals surface area contributed by atoms with Gasteiger partial charge in [0.05, 0.1) is 19.5 Å². The molecule has 338 valence electrons. The van der Waals surface area contributed by atoms with Gasteiger partial charge >= 0.3 is 33.6 Å². The van der Waals surface area contributed by atoms with Crippen molar-refractivity contribution in [2.24, 2.45) is 5.73 Å². The van der Waals surface area contributed by atoms with E-state index in [-0.39, 0.29) is 29.0 Å². The molecule has 3 aliphatic rings. The van der Waals surface area contributed by atoms with Crippen LogP contribution in [0.2, 0.25) is 0 Å². The second-order valence-electron chi connectivity index (χ2n) is 13.2. The van der Waals surface area contributed by atoms with Crippen LogP contribution in [0.3, 0.4) is 0 Å². The van der Waals surface area contributed by atoms with Crippen LogP contribution in [0, 0.1) is 0 Å². The number of fused-ring (bicyclic) bond motifs is 1. The quantitative estimate of drug-likeness (QED) is 0.0243. The number of ketones is 3. The molecule has 5 heterocycles. The zero-order valence-corrected chi connectivity index (χ0v) is 33.3. The molecule has 10 N–H and O–H groups in total. The van der Waals surface area contributed by atoms with Crippen molar-refractivity contribution in [2.45, 2.75) is 74.9 Å². The van der Waals surface area contributed by atoms with Crippen LogP contribution in [-0.2, 0) is 80.0 Å². The largest absolute Gasteiger partial charge is 0.481 e. The van der Waals surface area contributed by atoms with Gasteiger partial charge in [-0.1, -0.05) is 6.08 Å². The zero-order valence-electron chi connectivity index (χ0n) is 31.5. The fraction of sp³-hybridized carbons (Fsp3) is 0.467. The molecular weight excluding hydrogens is 888 g/mol. The predicted octanol–water partition coefficient (Wildman–Crippen LogP) is -4.66. The average Bonchev–Trinajstić information content (AvgIpc) is 3.85. The Morgan fingerprint density at radius 2 is 1.55 bits per heavy atom. The molecule has 2 fully saturated rings. The Kier molecular flexibility index (Phi) is 14.2. The van der Waals surface area contributed by atoms with E-state index in [9.17, 15) is 72.9 Å². The van der Waals surface area contributed by atoms with E-state index in [0.717, 1.165) is 22.1 Å². The van der Waals surface area contributed by atoms with Crippen molar-refractivity contribution in [3.8, 4) is 0 Å². The summed E-state index contributed by atoms with van der Waals surface area (Å²) in [5, 5.41) is 43.9. The summed E-state index contributed by atoms with van der Waals surface area (Å²) in [5.41, 5.74) is 7.40. The van der Waals surface area contributed by atoms with Crippen LogP contribution >= 0.6 is 15.6 Å². The first-order valence-electron chi connectivity index (χ1n) is 17.2. The fourth-order valence-electron chi connectivity index (χ4n) is 5.89. The number of aliphatic hydroxyl groups excluding tert-OH is 4. The number of phosphoric ester groups is 2. The van der Waals surface area contributed by atoms with Crippen molar-refractivity contribution in [3.63, 3.8) is 0 Å². The average molecular weight is 924 g/mol. The third kappa shape index (κ3) is 10.1. The number of anilines is 1. The van der Waals surface area contributed by atoms with Crippen molar-refractivity contribution in [1.82, 2.24) is 24.4 Å². The summed E-state index contributed by atoms with van der Waals surface area (Å²) in [6.07, 6.45) is -11.0. The molecule has 3 unspecified atom stereocenters. The molecule has 32 heteroatoms. The molecule has 3 aliphatic heterocycles. The van der Waals surface area contributed by atoms with E-state index < -0.39 is 125 Å². The summed E-state index contributed by atoms with van der Waals surface area (Å²) < 4.78 is 56.9. The van der Waals surface area contributed by atoms with Crippen LogP contribution in [0.1, 0.15) is 26.5 Å². The molecule has 30 nitrogen and oxygen atoms in total. The second kappa shape index (κ2) is 18.5. The minimum Gasteiger partial charge on any atom is -0.445 e. The van der Waals surface area contributed by atoms with Gasteiger partial charge in [-0.25, -0.2) is 48.2 Å². The first-order valence-corrected chi connectivity index (χ1v) is 20.2. The highest BCUT2D eigenvalue weighted by molar-refractivity contribution is 7.61. The number of rotatable bonds is 17. The molecule has 0 saturated carbocycles. The molecule has 11 atom stereocenters. The molecule has 0 spiro atoms. The number of carbonyl (C=O) groups excluding carboxylic acids is 7. The maximum absolute atomic E-state index is 13.6. The standard InChI is InChI=1S/C30H35N7O23P2/c1-11(38)27(46)56-21(19(43)29(48)59-58-28(47)12(2)39)30(20(44)18(42)26(57-30)37-10-35-15-22(31)33-9-34-24(15)37)8-54-62(51,52)60-61(49,50)53-7-14-16(40)17(41)25(55-14)36-5-3-4-13(6-36)23(32)45/h3,5-6,9-10,14,16-18,20-21,25-26,40-42,44H,4,7-8H2,1-2H3,(H2,32,45)(H,49,50)(H,51,52)(H2,31,33,34)/t14-,16-,17-,18-,20+,21?,25-,26-,30-/m1/s1. The summed E-state index contributed by atoms with van der Waals surface area (Å²) in [5.74, 6) is -12.2. The van der Waals surface area contributed by atoms with Gasteiger partial charge in [-0.2, -0.15) is 4.31 Å². The monoisotopic (exact) mass is 923 g/mol. The molecule has 0 aliphatic carbocycles. The number of primary amides is 1. The lowest BCUT2D eigenvalue weighted by atomic mass is 9.87. The first kappa shape index (κ1) is 47.6. The molecular formula is C30H35N7O23P2. The lowest BCUT2D eigenvalue weighted by Crippen LogP contribution is -2.61. The van der Waals surface area contributed by atoms with Crippen LogP contribution in [0.5, 0.6) is 0 Å². The van der Waals surface area contributed by atoms with Crippen molar-refractivity contribution >= 4 is 73.8 Å². The van der Waals surface area contributed by atoms with E-state index in [2.05, 4.69) is 33.6 Å². The number of hydrogen-bond donors (Lipinski definition) is 8. The maximum Gasteiger partial charge on any atom is 0.481 e. The number of allylic oxidation sites excluding steroid dienone is 1. The number of esters is 1. The van der Waals surface area contributed by atoms with Gasteiger partial charge in [-0.15, -0.1) is 0 Å². The maximum atomic E-state index is 13.6. The Morgan fingerprint density at radius 1 is 0.903 bits per heavy atom. The third-order valence-electron chi connectivity index (χ3n) is 8.92. The van der Waals surface area contributed by atoms with Crippen LogP contribution in [0.15, 0.2) is 36.7 Å². The highest BCUT2D eigenvalue weighted by atomic mass is 31.3. The Morgan fingerprint density at radius 3 is 2.19 bits per heavy atom. The Balaban J connectivity index is 1.42. The van der Waals surface area contributed by atoms with Gasteiger partial charge in [-0.3, -0.25) is 32.8 Å². The number of phosphoric acid groups is 2. The number of hydrogen-bond acceptors (Lipinski definition) is 26. The number of amides is 1. The van der Waals surface area contributed by atoms with Gasteiger partial charge in [0.1, 0.15) is 42.4 Å². The number of ether oxygens (including phenoxy) is 3. The van der Waals surface area contributed by atoms with Crippen LogP contribution < -0.4 is 11.5 Å². The number of Topliss-reactive ketones (excluding diaryl/α,β-unsaturated/α-hetero) is 3. The van der Waals surface area contributed by atoms with Crippen molar-refractivity contribution < 1.29 is 110 Å². The van der Waals surface area contributed by atoms with Crippen LogP contribution in [0.4, 0.5) is 5.82 Å². The topological polar surface area (TPSA) is 448 Å². The third-order valence-corrected chi connectivity index (χ3v) is 11.5. The van der Waals surface area contributed by atoms with Gasteiger partial charge in [0.2, 0.25) is 23.6 Å². The zero-order chi connectivity index (χ0) is 46.1. The van der Waals surface area contributed by atoms with E-state index in [0.29, 0.717) is 13.8 Å². The van der Waals surface area contributed by atoms with Gasteiger partial charge in [0.25, 0.3) is 5.78 Å². The molecule has 0 aromatic carbocycles. The highest BCUT2D eigenvalue weighted by Crippen LogP contribution is 2.61. The molecule has 2 saturated heterocycles. The van der Waals surface area contributed by atoms with E-state index in [1.54, 1.807) is 0 Å². The van der Waals surface area contributed by atoms with Crippen molar-refractivity contribution in [3.05, 3.63) is 36.7 Å². The Labute approximate surface area is 344 Å². The minimum absolute atomic E-state index is 0.0875. The predicted molar refractivity (Wildman–Crippen MR) is 189 cm³/mol. The van der Waals surface area contributed by atoms with Gasteiger partial charge in [0.15, 0.2) is 29.5 Å². The molecule has 62 heavy (non-hydrogen) atoms.